The fourth-order valence-electron chi connectivity index (χ4n) is 3.39. The van der Waals surface area contributed by atoms with Crippen LogP contribution in [-0.2, 0) is 4.79 Å². The zero-order chi connectivity index (χ0) is 17.4. The van der Waals surface area contributed by atoms with Gasteiger partial charge in [-0.25, -0.2) is 4.79 Å². The van der Waals surface area contributed by atoms with Crippen LogP contribution in [-0.4, -0.2) is 21.6 Å². The van der Waals surface area contributed by atoms with E-state index in [-0.39, 0.29) is 23.8 Å². The lowest BCUT2D eigenvalue weighted by atomic mass is 9.88. The highest BCUT2D eigenvalue weighted by atomic mass is 16.4. The van der Waals surface area contributed by atoms with Crippen LogP contribution >= 0.6 is 0 Å². The monoisotopic (exact) mass is 332 g/mol. The van der Waals surface area contributed by atoms with Crippen LogP contribution in [0.2, 0.25) is 0 Å². The summed E-state index contributed by atoms with van der Waals surface area (Å²) in [5.41, 5.74) is 3.15. The highest BCUT2D eigenvalue weighted by molar-refractivity contribution is 6.04. The topological polar surface area (TPSA) is 71.3 Å². The van der Waals surface area contributed by atoms with Crippen molar-refractivity contribution in [2.24, 2.45) is 0 Å². The first kappa shape index (κ1) is 15.2. The van der Waals surface area contributed by atoms with E-state index in [9.17, 15) is 14.7 Å². The second kappa shape index (κ2) is 5.94. The van der Waals surface area contributed by atoms with Crippen molar-refractivity contribution in [3.8, 4) is 5.69 Å². The van der Waals surface area contributed by atoms with Crippen molar-refractivity contribution in [1.29, 1.82) is 0 Å². The van der Waals surface area contributed by atoms with E-state index in [1.54, 1.807) is 6.20 Å². The van der Waals surface area contributed by atoms with E-state index in [0.717, 1.165) is 16.9 Å². The highest BCUT2D eigenvalue weighted by Crippen LogP contribution is 2.41. The Balaban J connectivity index is 1.98. The number of aromatic carboxylic acids is 1. The minimum atomic E-state index is -1.06. The summed E-state index contributed by atoms with van der Waals surface area (Å²) in [6, 6.07) is 19.3. The number of benzene rings is 2. The van der Waals surface area contributed by atoms with Crippen LogP contribution in [0.1, 0.15) is 34.0 Å². The van der Waals surface area contributed by atoms with Gasteiger partial charge in [0.25, 0.3) is 0 Å². The van der Waals surface area contributed by atoms with Gasteiger partial charge in [-0.1, -0.05) is 48.5 Å². The molecule has 0 radical (unpaired) electrons. The zero-order valence-corrected chi connectivity index (χ0v) is 13.3. The van der Waals surface area contributed by atoms with Gasteiger partial charge >= 0.3 is 5.97 Å². The fraction of sp³-hybridized carbons (Fsp3) is 0.100. The second-order valence-corrected chi connectivity index (χ2v) is 6.03. The maximum absolute atomic E-state index is 12.2. The average molecular weight is 332 g/mol. The lowest BCUT2D eigenvalue weighted by molar-refractivity contribution is -0.116. The average Bonchev–Trinajstić information content (AvgIpc) is 3.02. The van der Waals surface area contributed by atoms with Crippen molar-refractivity contribution >= 4 is 17.6 Å². The summed E-state index contributed by atoms with van der Waals surface area (Å²) in [4.78, 5) is 23.9. The van der Waals surface area contributed by atoms with Gasteiger partial charge in [-0.15, -0.1) is 0 Å². The molecule has 2 N–H and O–H groups in total. The van der Waals surface area contributed by atoms with Gasteiger partial charge < -0.3 is 15.0 Å². The number of amides is 1. The van der Waals surface area contributed by atoms with Crippen LogP contribution < -0.4 is 5.32 Å². The molecule has 0 fully saturated rings. The number of hydrogen-bond donors (Lipinski definition) is 2. The number of nitrogens with one attached hydrogen (secondary N) is 1. The molecule has 124 valence electrons. The molecule has 0 aliphatic carbocycles. The van der Waals surface area contributed by atoms with Crippen LogP contribution in [0.5, 0.6) is 0 Å². The Bertz CT molecular complexity index is 946. The first-order valence-corrected chi connectivity index (χ1v) is 8.04. The molecule has 1 amide bonds. The maximum Gasteiger partial charge on any atom is 0.339 e. The Kier molecular flexibility index (Phi) is 3.61. The van der Waals surface area contributed by atoms with Crippen molar-refractivity contribution in [3.63, 3.8) is 0 Å². The van der Waals surface area contributed by atoms with Crippen LogP contribution in [0.25, 0.3) is 5.69 Å². The molecule has 1 atom stereocenters. The molecule has 0 saturated heterocycles. The Hall–Kier alpha value is -3.34. The summed E-state index contributed by atoms with van der Waals surface area (Å²) in [5.74, 6) is -1.42. The first-order chi connectivity index (χ1) is 12.1. The summed E-state index contributed by atoms with van der Waals surface area (Å²) in [6.07, 6.45) is 1.87. The Morgan fingerprint density at radius 1 is 1.04 bits per heavy atom. The minimum Gasteiger partial charge on any atom is -0.478 e. The number of carbonyl (C=O) groups excluding carboxylic acids is 1. The molecule has 1 aromatic heterocycles. The van der Waals surface area contributed by atoms with Crippen molar-refractivity contribution in [2.45, 2.75) is 12.3 Å². The van der Waals surface area contributed by atoms with Crippen molar-refractivity contribution in [1.82, 2.24) is 4.57 Å². The van der Waals surface area contributed by atoms with Crippen LogP contribution in [0, 0.1) is 0 Å². The molecule has 0 unspecified atom stereocenters. The largest absolute Gasteiger partial charge is 0.478 e. The van der Waals surface area contributed by atoms with E-state index in [4.69, 9.17) is 0 Å². The molecule has 2 heterocycles. The zero-order valence-electron chi connectivity index (χ0n) is 13.3. The van der Waals surface area contributed by atoms with Crippen molar-refractivity contribution < 1.29 is 14.7 Å². The maximum atomic E-state index is 12.2. The Labute approximate surface area is 144 Å². The molecule has 5 heteroatoms. The summed E-state index contributed by atoms with van der Waals surface area (Å²) in [6.45, 7) is 0. The smallest absolute Gasteiger partial charge is 0.339 e. The number of para-hydroxylation sites is 1. The lowest BCUT2D eigenvalue weighted by Crippen LogP contribution is -2.25. The molecule has 4 rings (SSSR count). The molecule has 5 nitrogen and oxygen atoms in total. The minimum absolute atomic E-state index is 0.104. The number of anilines is 1. The molecular formula is C20H16N2O3. The highest BCUT2D eigenvalue weighted by Gasteiger charge is 2.34. The summed E-state index contributed by atoms with van der Waals surface area (Å²) < 4.78 is 1.87. The van der Waals surface area contributed by atoms with Crippen LogP contribution in [0.3, 0.4) is 0 Å². The van der Waals surface area contributed by atoms with Gasteiger partial charge in [-0.2, -0.15) is 0 Å². The number of nitrogens with zero attached hydrogens (tertiary/aromatic N) is 1. The lowest BCUT2D eigenvalue weighted by Gasteiger charge is -2.26. The summed E-state index contributed by atoms with van der Waals surface area (Å²) in [5, 5.41) is 12.3. The summed E-state index contributed by atoms with van der Waals surface area (Å²) >= 11 is 0. The van der Waals surface area contributed by atoms with E-state index in [1.807, 2.05) is 65.2 Å². The molecule has 3 aromatic rings. The van der Waals surface area contributed by atoms with E-state index < -0.39 is 5.97 Å². The third-order valence-electron chi connectivity index (χ3n) is 4.49. The molecule has 0 bridgehead atoms. The molecule has 1 aliphatic rings. The number of carboxylic acids is 1. The van der Waals surface area contributed by atoms with Crippen LogP contribution in [0.15, 0.2) is 66.9 Å². The van der Waals surface area contributed by atoms with Gasteiger partial charge in [-0.3, -0.25) is 4.79 Å². The number of rotatable bonds is 3. The number of hydrogen-bond acceptors (Lipinski definition) is 2. The van der Waals surface area contributed by atoms with Gasteiger partial charge in [0.1, 0.15) is 5.56 Å². The van der Waals surface area contributed by atoms with Gasteiger partial charge in [0, 0.05) is 24.2 Å². The van der Waals surface area contributed by atoms with E-state index in [1.165, 1.54) is 0 Å². The van der Waals surface area contributed by atoms with Gasteiger partial charge in [0.05, 0.1) is 11.4 Å². The van der Waals surface area contributed by atoms with E-state index >= 15 is 0 Å². The third-order valence-corrected chi connectivity index (χ3v) is 4.49. The predicted octanol–water partition coefficient (Wildman–Crippen LogP) is 3.65. The molecule has 2 aromatic carbocycles. The quantitative estimate of drug-likeness (QED) is 0.769. The number of carbonyl (C=O) groups is 2. The van der Waals surface area contributed by atoms with Crippen molar-refractivity contribution in [3.05, 3.63) is 83.7 Å². The molecule has 0 saturated carbocycles. The van der Waals surface area contributed by atoms with Gasteiger partial charge in [0.15, 0.2) is 0 Å². The predicted molar refractivity (Wildman–Crippen MR) is 94.3 cm³/mol. The molecule has 0 spiro atoms. The number of fused-ring (bicyclic) bond motifs is 1. The number of carboxylic acid groups (broad SMARTS) is 1. The summed E-state index contributed by atoms with van der Waals surface area (Å²) in [7, 11) is 0. The molecular weight excluding hydrogens is 316 g/mol. The standard InChI is InChI=1S/C20H16N2O3/c23-17-11-15(13-7-3-1-4-8-13)19-18(21-17)16(20(24)25)12-22(19)14-9-5-2-6-10-14/h1-10,12,15H,11H2,(H,21,23)(H,24,25)/t15-/m1/s1. The molecule has 1 aliphatic heterocycles. The Morgan fingerprint density at radius 3 is 2.32 bits per heavy atom. The third kappa shape index (κ3) is 2.59. The van der Waals surface area contributed by atoms with Gasteiger partial charge in [-0.05, 0) is 17.7 Å². The first-order valence-electron chi connectivity index (χ1n) is 8.04. The second-order valence-electron chi connectivity index (χ2n) is 6.03. The van der Waals surface area contributed by atoms with Crippen LogP contribution in [0.4, 0.5) is 5.69 Å². The molecule has 25 heavy (non-hydrogen) atoms. The SMILES string of the molecule is O=C1C[C@H](c2ccccc2)c2c(c(C(=O)O)cn2-c2ccccc2)N1. The van der Waals surface area contributed by atoms with E-state index in [0.29, 0.717) is 5.69 Å². The number of aromatic nitrogens is 1. The van der Waals surface area contributed by atoms with Gasteiger partial charge in [0.2, 0.25) is 5.91 Å². The van der Waals surface area contributed by atoms with Crippen molar-refractivity contribution in [2.75, 3.05) is 5.32 Å². The Morgan fingerprint density at radius 2 is 1.68 bits per heavy atom. The fourth-order valence-corrected chi connectivity index (χ4v) is 3.39. The normalized spacial score (nSPS) is 16.2. The van der Waals surface area contributed by atoms with E-state index in [2.05, 4.69) is 5.32 Å².